The molecule has 0 saturated heterocycles. The number of nitrogens with zero attached hydrogens (tertiary/aromatic N) is 4. The lowest BCUT2D eigenvalue weighted by molar-refractivity contribution is 0.483. The zero-order chi connectivity index (χ0) is 17.2. The van der Waals surface area contributed by atoms with Crippen molar-refractivity contribution < 1.29 is 0 Å². The highest BCUT2D eigenvalue weighted by molar-refractivity contribution is 5.57. The highest BCUT2D eigenvalue weighted by atomic mass is 16.1. The third kappa shape index (κ3) is 2.67. The van der Waals surface area contributed by atoms with Crippen LogP contribution in [-0.4, -0.2) is 18.7 Å². The van der Waals surface area contributed by atoms with Crippen molar-refractivity contribution in [1.29, 1.82) is 0 Å². The summed E-state index contributed by atoms with van der Waals surface area (Å²) < 4.78 is 6.06. The van der Waals surface area contributed by atoms with Crippen molar-refractivity contribution in [3.8, 4) is 0 Å². The van der Waals surface area contributed by atoms with E-state index in [1.807, 2.05) is 13.8 Å². The molecule has 0 aliphatic carbocycles. The minimum Gasteiger partial charge on any atom is -0.391 e. The molecule has 0 amide bonds. The summed E-state index contributed by atoms with van der Waals surface area (Å²) in [5.74, 6) is 0.678. The van der Waals surface area contributed by atoms with Gasteiger partial charge in [0.25, 0.3) is 11.1 Å². The van der Waals surface area contributed by atoms with E-state index in [2.05, 4.69) is 0 Å². The largest absolute Gasteiger partial charge is 0.391 e. The molecule has 124 valence electrons. The molecule has 0 spiro atoms. The van der Waals surface area contributed by atoms with Gasteiger partial charge in [-0.1, -0.05) is 0 Å². The highest BCUT2D eigenvalue weighted by Gasteiger charge is 2.11. The predicted molar refractivity (Wildman–Crippen MR) is 88.3 cm³/mol. The molecule has 2 heterocycles. The summed E-state index contributed by atoms with van der Waals surface area (Å²) >= 11 is 0. The molecule has 0 radical (unpaired) electrons. The summed E-state index contributed by atoms with van der Waals surface area (Å²) in [6.45, 7) is 5.05. The molecule has 10 nitrogen and oxygen atoms in total. The van der Waals surface area contributed by atoms with Gasteiger partial charge < -0.3 is 22.9 Å². The average molecular weight is 312 g/mol. The maximum absolute atomic E-state index is 11.3. The molecule has 0 aliphatic heterocycles. The fourth-order valence-corrected chi connectivity index (χ4v) is 2.04. The fraction of sp³-hybridized carbons (Fsp3) is 0.500. The Morgan fingerprint density at radius 2 is 1.18 bits per heavy atom. The molecule has 2 rings (SSSR count). The van der Waals surface area contributed by atoms with Crippen molar-refractivity contribution >= 4 is 23.0 Å². The summed E-state index contributed by atoms with van der Waals surface area (Å²) in [6.07, 6.45) is 0. The standard InChI is InChI=1S/C7H14N4O.C5H10N4O/c1-3-10-6(9)5(8)7(12)11(10)4-2;1-8-4(7)3(6)5(10)9(8)2/h3-4,8-9H2,1-2H3;6-7H2,1-2H3. The number of nitrogens with two attached hydrogens (primary N) is 4. The van der Waals surface area contributed by atoms with Gasteiger partial charge in [-0.3, -0.25) is 23.6 Å². The van der Waals surface area contributed by atoms with Gasteiger partial charge >= 0.3 is 0 Å². The number of aromatic nitrogens is 4. The van der Waals surface area contributed by atoms with Crippen LogP contribution in [0.15, 0.2) is 9.59 Å². The summed E-state index contributed by atoms with van der Waals surface area (Å²) in [4.78, 5) is 22.3. The van der Waals surface area contributed by atoms with Gasteiger partial charge in [0.05, 0.1) is 0 Å². The Balaban J connectivity index is 0.000000224. The molecule has 2 aromatic heterocycles. The van der Waals surface area contributed by atoms with Crippen LogP contribution in [-0.2, 0) is 27.2 Å². The number of rotatable bonds is 2. The fourth-order valence-electron chi connectivity index (χ4n) is 2.04. The molecular formula is C12H24N8O2. The first-order valence-electron chi connectivity index (χ1n) is 6.80. The van der Waals surface area contributed by atoms with Gasteiger partial charge in [0.1, 0.15) is 23.0 Å². The SMILES string of the molecule is CCn1c(N)c(N)c(=O)n1CC.Cn1c(N)c(N)c(=O)n1C. The molecule has 0 aliphatic rings. The molecule has 0 fully saturated rings. The zero-order valence-corrected chi connectivity index (χ0v) is 13.3. The average Bonchev–Trinajstić information content (AvgIpc) is 2.83. The minimum absolute atomic E-state index is 0.116. The maximum Gasteiger partial charge on any atom is 0.292 e. The minimum atomic E-state index is -0.250. The van der Waals surface area contributed by atoms with Crippen LogP contribution in [0.1, 0.15) is 13.8 Å². The van der Waals surface area contributed by atoms with Crippen LogP contribution in [0.5, 0.6) is 0 Å². The van der Waals surface area contributed by atoms with Gasteiger partial charge in [0, 0.05) is 27.2 Å². The number of nitrogen functional groups attached to an aromatic ring is 4. The summed E-state index contributed by atoms with van der Waals surface area (Å²) in [5.41, 5.74) is 21.6. The molecule has 0 saturated carbocycles. The van der Waals surface area contributed by atoms with Crippen LogP contribution in [0.25, 0.3) is 0 Å². The van der Waals surface area contributed by atoms with E-state index in [0.717, 1.165) is 0 Å². The van der Waals surface area contributed by atoms with E-state index >= 15 is 0 Å². The third-order valence-corrected chi connectivity index (χ3v) is 3.51. The Morgan fingerprint density at radius 1 is 0.727 bits per heavy atom. The van der Waals surface area contributed by atoms with Crippen LogP contribution < -0.4 is 34.1 Å². The molecule has 10 heteroatoms. The van der Waals surface area contributed by atoms with Gasteiger partial charge in [-0.05, 0) is 13.8 Å². The van der Waals surface area contributed by atoms with Crippen molar-refractivity contribution in [1.82, 2.24) is 18.7 Å². The molecular weight excluding hydrogens is 288 g/mol. The maximum atomic E-state index is 11.3. The summed E-state index contributed by atoms with van der Waals surface area (Å²) in [5, 5.41) is 0. The van der Waals surface area contributed by atoms with Crippen LogP contribution in [0.4, 0.5) is 23.0 Å². The second-order valence-corrected chi connectivity index (χ2v) is 4.69. The molecule has 2 aromatic rings. The first kappa shape index (κ1) is 17.3. The normalized spacial score (nSPS) is 10.4. The zero-order valence-electron chi connectivity index (χ0n) is 13.3. The molecule has 0 unspecified atom stereocenters. The molecule has 0 aromatic carbocycles. The van der Waals surface area contributed by atoms with Gasteiger partial charge in [0.2, 0.25) is 0 Å². The van der Waals surface area contributed by atoms with Gasteiger partial charge in [0.15, 0.2) is 0 Å². The molecule has 0 bridgehead atoms. The lowest BCUT2D eigenvalue weighted by Gasteiger charge is -2.07. The summed E-state index contributed by atoms with van der Waals surface area (Å²) in [7, 11) is 3.28. The van der Waals surface area contributed by atoms with E-state index < -0.39 is 0 Å². The van der Waals surface area contributed by atoms with E-state index in [0.29, 0.717) is 24.7 Å². The monoisotopic (exact) mass is 312 g/mol. The van der Waals surface area contributed by atoms with Gasteiger partial charge in [-0.15, -0.1) is 0 Å². The second-order valence-electron chi connectivity index (χ2n) is 4.69. The van der Waals surface area contributed by atoms with Crippen LogP contribution >= 0.6 is 0 Å². The predicted octanol–water partition coefficient (Wildman–Crippen LogP) is -1.26. The van der Waals surface area contributed by atoms with Crippen LogP contribution in [0.2, 0.25) is 0 Å². The van der Waals surface area contributed by atoms with E-state index in [1.54, 1.807) is 18.8 Å². The third-order valence-electron chi connectivity index (χ3n) is 3.51. The number of anilines is 4. The first-order valence-corrected chi connectivity index (χ1v) is 6.80. The van der Waals surface area contributed by atoms with E-state index in [4.69, 9.17) is 22.9 Å². The van der Waals surface area contributed by atoms with Crippen molar-refractivity contribution in [2.45, 2.75) is 26.9 Å². The van der Waals surface area contributed by atoms with Crippen LogP contribution in [0, 0.1) is 0 Å². The number of hydrogen-bond donors (Lipinski definition) is 4. The van der Waals surface area contributed by atoms with E-state index in [1.165, 1.54) is 14.0 Å². The lowest BCUT2D eigenvalue weighted by atomic mass is 10.5. The highest BCUT2D eigenvalue weighted by Crippen LogP contribution is 2.09. The van der Waals surface area contributed by atoms with Gasteiger partial charge in [-0.2, -0.15) is 0 Å². The van der Waals surface area contributed by atoms with Crippen molar-refractivity contribution in [2.24, 2.45) is 14.1 Å². The van der Waals surface area contributed by atoms with Crippen molar-refractivity contribution in [3.63, 3.8) is 0 Å². The Morgan fingerprint density at radius 3 is 1.41 bits per heavy atom. The summed E-state index contributed by atoms with van der Waals surface area (Å²) in [6, 6.07) is 0. The van der Waals surface area contributed by atoms with Gasteiger partial charge in [-0.25, -0.2) is 4.68 Å². The van der Waals surface area contributed by atoms with Crippen LogP contribution in [0.3, 0.4) is 0 Å². The topological polar surface area (TPSA) is 158 Å². The molecule has 8 N–H and O–H groups in total. The number of hydrogen-bond acceptors (Lipinski definition) is 6. The lowest BCUT2D eigenvalue weighted by Crippen LogP contribution is -2.22. The van der Waals surface area contributed by atoms with Crippen molar-refractivity contribution in [3.05, 3.63) is 20.7 Å². The Kier molecular flexibility index (Phi) is 4.97. The van der Waals surface area contributed by atoms with E-state index in [-0.39, 0.29) is 22.5 Å². The second kappa shape index (κ2) is 6.33. The molecule has 0 atom stereocenters. The van der Waals surface area contributed by atoms with Crippen molar-refractivity contribution in [2.75, 3.05) is 22.9 Å². The smallest absolute Gasteiger partial charge is 0.292 e. The molecule has 22 heavy (non-hydrogen) atoms. The Bertz CT molecular complexity index is 748. The first-order chi connectivity index (χ1) is 10.2. The quantitative estimate of drug-likeness (QED) is 0.542. The Hall–Kier alpha value is -2.78. The van der Waals surface area contributed by atoms with E-state index in [9.17, 15) is 9.59 Å². The Labute approximate surface area is 127 Å².